The van der Waals surface area contributed by atoms with Crippen LogP contribution in [0.2, 0.25) is 0 Å². The summed E-state index contributed by atoms with van der Waals surface area (Å²) in [6, 6.07) is 1.96. The van der Waals surface area contributed by atoms with Crippen LogP contribution in [0.5, 0.6) is 0 Å². The average Bonchev–Trinajstić information content (AvgIpc) is 2.83. The summed E-state index contributed by atoms with van der Waals surface area (Å²) < 4.78 is 1.71. The normalized spacial score (nSPS) is 10.6. The number of carbonyl (C=O) groups is 1. The molecule has 5 nitrogen and oxygen atoms in total. The summed E-state index contributed by atoms with van der Waals surface area (Å²) in [6.07, 6.45) is 0. The molecule has 0 fully saturated rings. The van der Waals surface area contributed by atoms with Crippen LogP contribution in [0, 0.1) is 20.8 Å². The van der Waals surface area contributed by atoms with E-state index in [0.29, 0.717) is 6.54 Å². The highest BCUT2D eigenvalue weighted by molar-refractivity contribution is 7.09. The zero-order valence-electron chi connectivity index (χ0n) is 10.7. The summed E-state index contributed by atoms with van der Waals surface area (Å²) in [4.78, 5) is 16.1. The van der Waals surface area contributed by atoms with Gasteiger partial charge in [0, 0.05) is 16.8 Å². The van der Waals surface area contributed by atoms with E-state index < -0.39 is 0 Å². The third-order valence-corrected chi connectivity index (χ3v) is 3.47. The molecule has 2 heterocycles. The Balaban J connectivity index is 1.87. The lowest BCUT2D eigenvalue weighted by Crippen LogP contribution is -2.27. The first-order chi connectivity index (χ1) is 8.54. The topological polar surface area (TPSA) is 59.8 Å². The fourth-order valence-corrected chi connectivity index (χ4v) is 2.40. The quantitative estimate of drug-likeness (QED) is 0.912. The largest absolute Gasteiger partial charge is 0.348 e. The summed E-state index contributed by atoms with van der Waals surface area (Å²) >= 11 is 1.56. The first-order valence-corrected chi connectivity index (χ1v) is 6.61. The minimum absolute atomic E-state index is 0.0472. The maximum absolute atomic E-state index is 11.8. The number of thiazole rings is 1. The number of aromatic nitrogens is 3. The van der Waals surface area contributed by atoms with Gasteiger partial charge in [0.15, 0.2) is 0 Å². The highest BCUT2D eigenvalue weighted by Gasteiger charge is 2.07. The zero-order chi connectivity index (χ0) is 13.1. The van der Waals surface area contributed by atoms with Crippen molar-refractivity contribution in [1.29, 1.82) is 0 Å². The number of rotatable bonds is 4. The lowest BCUT2D eigenvalue weighted by Gasteiger charge is -2.05. The molecule has 96 valence electrons. The highest BCUT2D eigenvalue weighted by atomic mass is 32.1. The van der Waals surface area contributed by atoms with Gasteiger partial charge in [-0.1, -0.05) is 0 Å². The van der Waals surface area contributed by atoms with Gasteiger partial charge in [-0.15, -0.1) is 11.3 Å². The second-order valence-corrected chi connectivity index (χ2v) is 5.19. The van der Waals surface area contributed by atoms with Crippen LogP contribution in [0.3, 0.4) is 0 Å². The second-order valence-electron chi connectivity index (χ2n) is 4.24. The van der Waals surface area contributed by atoms with Gasteiger partial charge >= 0.3 is 0 Å². The van der Waals surface area contributed by atoms with Gasteiger partial charge in [0.25, 0.3) is 0 Å². The van der Waals surface area contributed by atoms with E-state index >= 15 is 0 Å². The van der Waals surface area contributed by atoms with Crippen molar-refractivity contribution >= 4 is 17.2 Å². The Morgan fingerprint density at radius 1 is 1.39 bits per heavy atom. The number of aryl methyl sites for hydroxylation is 3. The van der Waals surface area contributed by atoms with E-state index in [4.69, 9.17) is 0 Å². The van der Waals surface area contributed by atoms with Gasteiger partial charge in [-0.3, -0.25) is 9.48 Å². The van der Waals surface area contributed by atoms with Gasteiger partial charge in [-0.05, 0) is 26.8 Å². The fourth-order valence-electron chi connectivity index (χ4n) is 1.69. The lowest BCUT2D eigenvalue weighted by atomic mass is 10.4. The molecular formula is C12H16N4OS. The zero-order valence-corrected chi connectivity index (χ0v) is 11.5. The number of nitrogens with one attached hydrogen (secondary N) is 1. The van der Waals surface area contributed by atoms with E-state index in [-0.39, 0.29) is 12.5 Å². The number of carbonyl (C=O) groups excluding carboxylic acids is 1. The van der Waals surface area contributed by atoms with Crippen LogP contribution in [0.15, 0.2) is 11.4 Å². The second kappa shape index (κ2) is 5.30. The van der Waals surface area contributed by atoms with E-state index in [2.05, 4.69) is 15.4 Å². The summed E-state index contributed by atoms with van der Waals surface area (Å²) in [5.74, 6) is -0.0472. The molecule has 2 aromatic rings. The Morgan fingerprint density at radius 3 is 2.72 bits per heavy atom. The SMILES string of the molecule is Cc1csc(CNC(=O)Cn2nc(C)cc2C)n1. The van der Waals surface area contributed by atoms with Crippen molar-refractivity contribution in [2.24, 2.45) is 0 Å². The predicted octanol–water partition coefficient (Wildman–Crippen LogP) is 1.58. The van der Waals surface area contributed by atoms with Crippen molar-refractivity contribution in [1.82, 2.24) is 20.1 Å². The molecule has 1 amide bonds. The van der Waals surface area contributed by atoms with Crippen LogP contribution < -0.4 is 5.32 Å². The van der Waals surface area contributed by atoms with Gasteiger partial charge in [-0.2, -0.15) is 5.10 Å². The molecule has 6 heteroatoms. The molecule has 0 saturated carbocycles. The van der Waals surface area contributed by atoms with E-state index in [1.807, 2.05) is 32.2 Å². The molecule has 2 aromatic heterocycles. The summed E-state index contributed by atoms with van der Waals surface area (Å²) in [5, 5.41) is 10.00. The molecule has 0 spiro atoms. The minimum Gasteiger partial charge on any atom is -0.348 e. The van der Waals surface area contributed by atoms with Crippen LogP contribution in [-0.4, -0.2) is 20.7 Å². The van der Waals surface area contributed by atoms with Crippen molar-refractivity contribution in [3.8, 4) is 0 Å². The maximum Gasteiger partial charge on any atom is 0.242 e. The van der Waals surface area contributed by atoms with Crippen molar-refractivity contribution in [2.45, 2.75) is 33.9 Å². The molecular weight excluding hydrogens is 248 g/mol. The molecule has 18 heavy (non-hydrogen) atoms. The molecule has 0 aromatic carbocycles. The van der Waals surface area contributed by atoms with E-state index in [9.17, 15) is 4.79 Å². The third-order valence-electron chi connectivity index (χ3n) is 2.50. The van der Waals surface area contributed by atoms with Gasteiger partial charge in [-0.25, -0.2) is 4.98 Å². The molecule has 0 bridgehead atoms. The molecule has 0 saturated heterocycles. The third kappa shape index (κ3) is 3.16. The van der Waals surface area contributed by atoms with Gasteiger partial charge in [0.2, 0.25) is 5.91 Å². The Hall–Kier alpha value is -1.69. The first kappa shape index (κ1) is 12.8. The Bertz CT molecular complexity index is 558. The average molecular weight is 264 g/mol. The molecule has 0 atom stereocenters. The fraction of sp³-hybridized carbons (Fsp3) is 0.417. The predicted molar refractivity (Wildman–Crippen MR) is 70.4 cm³/mol. The number of hydrogen-bond donors (Lipinski definition) is 1. The summed E-state index contributed by atoms with van der Waals surface area (Å²) in [5.41, 5.74) is 2.91. The van der Waals surface area contributed by atoms with Crippen LogP contribution in [0.1, 0.15) is 22.1 Å². The Kier molecular flexibility index (Phi) is 3.76. The molecule has 0 radical (unpaired) electrons. The molecule has 0 unspecified atom stereocenters. The van der Waals surface area contributed by atoms with Gasteiger partial charge in [0.1, 0.15) is 11.6 Å². The van der Waals surface area contributed by atoms with E-state index in [1.165, 1.54) is 0 Å². The Morgan fingerprint density at radius 2 is 2.17 bits per heavy atom. The first-order valence-electron chi connectivity index (χ1n) is 5.73. The van der Waals surface area contributed by atoms with Crippen molar-refractivity contribution < 1.29 is 4.79 Å². The number of hydrogen-bond acceptors (Lipinski definition) is 4. The molecule has 1 N–H and O–H groups in total. The smallest absolute Gasteiger partial charge is 0.242 e. The van der Waals surface area contributed by atoms with Crippen molar-refractivity contribution in [3.05, 3.63) is 33.5 Å². The molecule has 0 aliphatic carbocycles. The minimum atomic E-state index is -0.0472. The Labute approximate surface area is 110 Å². The van der Waals surface area contributed by atoms with Crippen LogP contribution in [0.4, 0.5) is 0 Å². The van der Waals surface area contributed by atoms with E-state index in [0.717, 1.165) is 22.1 Å². The number of nitrogens with zero attached hydrogens (tertiary/aromatic N) is 3. The molecule has 0 aliphatic rings. The number of amides is 1. The van der Waals surface area contributed by atoms with Crippen molar-refractivity contribution in [2.75, 3.05) is 0 Å². The highest BCUT2D eigenvalue weighted by Crippen LogP contribution is 2.08. The standard InChI is InChI=1S/C12H16N4OS/c1-8-4-10(3)16(15-8)6-11(17)13-5-12-14-9(2)7-18-12/h4,7H,5-6H2,1-3H3,(H,13,17). The molecule has 2 rings (SSSR count). The lowest BCUT2D eigenvalue weighted by molar-refractivity contribution is -0.122. The molecule has 0 aliphatic heterocycles. The van der Waals surface area contributed by atoms with Gasteiger partial charge < -0.3 is 5.32 Å². The van der Waals surface area contributed by atoms with Crippen LogP contribution in [-0.2, 0) is 17.9 Å². The van der Waals surface area contributed by atoms with Crippen molar-refractivity contribution in [3.63, 3.8) is 0 Å². The van der Waals surface area contributed by atoms with Crippen LogP contribution >= 0.6 is 11.3 Å². The van der Waals surface area contributed by atoms with Crippen LogP contribution in [0.25, 0.3) is 0 Å². The summed E-state index contributed by atoms with van der Waals surface area (Å²) in [6.45, 7) is 6.54. The van der Waals surface area contributed by atoms with E-state index in [1.54, 1.807) is 16.0 Å². The van der Waals surface area contributed by atoms with Gasteiger partial charge in [0.05, 0.1) is 12.2 Å². The monoisotopic (exact) mass is 264 g/mol. The maximum atomic E-state index is 11.8. The summed E-state index contributed by atoms with van der Waals surface area (Å²) in [7, 11) is 0.